The van der Waals surface area contributed by atoms with Crippen LogP contribution in [-0.4, -0.2) is 17.4 Å². The number of amides is 1. The van der Waals surface area contributed by atoms with E-state index in [-0.39, 0.29) is 11.7 Å². The summed E-state index contributed by atoms with van der Waals surface area (Å²) in [5.74, 6) is -0.312. The second kappa shape index (κ2) is 6.80. The number of fused-ring (bicyclic) bond motifs is 1. The van der Waals surface area contributed by atoms with Gasteiger partial charge in [0.2, 0.25) is 5.91 Å². The van der Waals surface area contributed by atoms with Crippen LogP contribution in [0.15, 0.2) is 36.0 Å². The van der Waals surface area contributed by atoms with Gasteiger partial charge in [0.25, 0.3) is 0 Å². The molecule has 3 nitrogen and oxygen atoms in total. The van der Waals surface area contributed by atoms with E-state index in [1.165, 1.54) is 30.5 Å². The van der Waals surface area contributed by atoms with Gasteiger partial charge in [-0.15, -0.1) is 0 Å². The van der Waals surface area contributed by atoms with Crippen LogP contribution in [0.1, 0.15) is 51.5 Å². The summed E-state index contributed by atoms with van der Waals surface area (Å²) in [5, 5.41) is 3.82. The molecular formula is C20H25FN2O. The molecule has 1 aromatic heterocycles. The third-order valence-corrected chi connectivity index (χ3v) is 5.00. The quantitative estimate of drug-likeness (QED) is 0.775. The summed E-state index contributed by atoms with van der Waals surface area (Å²) in [7, 11) is 0. The average molecular weight is 328 g/mol. The van der Waals surface area contributed by atoms with Crippen LogP contribution in [0.2, 0.25) is 0 Å². The zero-order valence-corrected chi connectivity index (χ0v) is 14.4. The van der Waals surface area contributed by atoms with Crippen molar-refractivity contribution in [1.82, 2.24) is 10.3 Å². The molecule has 1 heterocycles. The Morgan fingerprint density at radius 2 is 2.17 bits per heavy atom. The summed E-state index contributed by atoms with van der Waals surface area (Å²) in [4.78, 5) is 15.8. The maximum Gasteiger partial charge on any atom is 0.230 e. The lowest BCUT2D eigenvalue weighted by Gasteiger charge is -2.24. The van der Waals surface area contributed by atoms with Crippen LogP contribution in [0.4, 0.5) is 4.39 Å². The Kier molecular flexibility index (Phi) is 4.74. The summed E-state index contributed by atoms with van der Waals surface area (Å²) >= 11 is 0. The van der Waals surface area contributed by atoms with Crippen LogP contribution in [0, 0.1) is 5.82 Å². The fourth-order valence-corrected chi connectivity index (χ4v) is 3.42. The summed E-state index contributed by atoms with van der Waals surface area (Å²) in [6.45, 7) is 4.43. The number of rotatable bonds is 5. The van der Waals surface area contributed by atoms with Crippen LogP contribution in [-0.2, 0) is 10.2 Å². The number of halogens is 1. The Hall–Kier alpha value is -2.10. The Balaban J connectivity index is 1.70. The smallest absolute Gasteiger partial charge is 0.230 e. The van der Waals surface area contributed by atoms with Gasteiger partial charge < -0.3 is 10.3 Å². The minimum atomic E-state index is -0.715. The number of carbonyl (C=O) groups is 1. The minimum absolute atomic E-state index is 0.0240. The summed E-state index contributed by atoms with van der Waals surface area (Å²) in [6, 6.07) is 4.62. The van der Waals surface area contributed by atoms with Gasteiger partial charge in [0.15, 0.2) is 0 Å². The maximum absolute atomic E-state index is 13.6. The number of carbonyl (C=O) groups excluding carboxylic acids is 1. The molecule has 3 rings (SSSR count). The lowest BCUT2D eigenvalue weighted by Crippen LogP contribution is -2.40. The molecule has 0 unspecified atom stereocenters. The predicted molar refractivity (Wildman–Crippen MR) is 95.5 cm³/mol. The van der Waals surface area contributed by atoms with Gasteiger partial charge >= 0.3 is 0 Å². The van der Waals surface area contributed by atoms with E-state index in [2.05, 4.69) is 16.4 Å². The molecule has 1 amide bonds. The third-order valence-electron chi connectivity index (χ3n) is 5.00. The predicted octanol–water partition coefficient (Wildman–Crippen LogP) is 4.59. The number of nitrogens with one attached hydrogen (secondary N) is 2. The van der Waals surface area contributed by atoms with E-state index < -0.39 is 5.41 Å². The van der Waals surface area contributed by atoms with E-state index in [4.69, 9.17) is 0 Å². The largest absolute Gasteiger partial charge is 0.361 e. The SMILES string of the molecule is CC(C)(C(=O)NCCC1=CCCCC1)c1c[nH]c2ccc(F)cc12. The summed E-state index contributed by atoms with van der Waals surface area (Å²) in [5.41, 5.74) is 2.41. The first-order valence-electron chi connectivity index (χ1n) is 8.72. The molecule has 0 atom stereocenters. The van der Waals surface area contributed by atoms with Gasteiger partial charge in [0.05, 0.1) is 5.41 Å². The lowest BCUT2D eigenvalue weighted by atomic mass is 9.83. The van der Waals surface area contributed by atoms with Crippen LogP contribution >= 0.6 is 0 Å². The normalized spacial score (nSPS) is 15.4. The maximum atomic E-state index is 13.6. The van der Waals surface area contributed by atoms with Crippen LogP contribution in [0.3, 0.4) is 0 Å². The lowest BCUT2D eigenvalue weighted by molar-refractivity contribution is -0.125. The number of benzene rings is 1. The number of H-pyrrole nitrogens is 1. The molecule has 0 bridgehead atoms. The molecule has 24 heavy (non-hydrogen) atoms. The van der Waals surface area contributed by atoms with Gasteiger partial charge in [-0.25, -0.2) is 4.39 Å². The van der Waals surface area contributed by atoms with E-state index in [1.807, 2.05) is 20.0 Å². The van der Waals surface area contributed by atoms with E-state index >= 15 is 0 Å². The zero-order valence-electron chi connectivity index (χ0n) is 14.4. The van der Waals surface area contributed by atoms with Crippen molar-refractivity contribution in [1.29, 1.82) is 0 Å². The topological polar surface area (TPSA) is 44.9 Å². The molecule has 0 aliphatic heterocycles. The van der Waals surface area contributed by atoms with E-state index in [1.54, 1.807) is 6.07 Å². The molecular weight excluding hydrogens is 303 g/mol. The molecule has 0 fully saturated rings. The highest BCUT2D eigenvalue weighted by atomic mass is 19.1. The van der Waals surface area contributed by atoms with Crippen molar-refractivity contribution >= 4 is 16.8 Å². The molecule has 2 aromatic rings. The van der Waals surface area contributed by atoms with Crippen LogP contribution < -0.4 is 5.32 Å². The standard InChI is InChI=1S/C20H25FN2O/c1-20(2,17-13-23-18-9-8-15(21)12-16(17)18)19(24)22-11-10-14-6-4-3-5-7-14/h6,8-9,12-13,23H,3-5,7,10-11H2,1-2H3,(H,22,24). The highest BCUT2D eigenvalue weighted by Crippen LogP contribution is 2.31. The van der Waals surface area contributed by atoms with Crippen molar-refractivity contribution in [2.45, 2.75) is 51.4 Å². The van der Waals surface area contributed by atoms with Gasteiger partial charge in [-0.3, -0.25) is 4.79 Å². The van der Waals surface area contributed by atoms with E-state index in [0.29, 0.717) is 6.54 Å². The molecule has 4 heteroatoms. The monoisotopic (exact) mass is 328 g/mol. The second-order valence-corrected chi connectivity index (χ2v) is 7.13. The number of aromatic nitrogens is 1. The Bertz CT molecular complexity index is 773. The van der Waals surface area contributed by atoms with Crippen molar-refractivity contribution < 1.29 is 9.18 Å². The minimum Gasteiger partial charge on any atom is -0.361 e. The zero-order chi connectivity index (χ0) is 17.2. The van der Waals surface area contributed by atoms with Crippen molar-refractivity contribution in [3.8, 4) is 0 Å². The van der Waals surface area contributed by atoms with Crippen LogP contribution in [0.25, 0.3) is 10.9 Å². The molecule has 0 saturated carbocycles. The first-order chi connectivity index (χ1) is 11.5. The number of hydrogen-bond donors (Lipinski definition) is 2. The highest BCUT2D eigenvalue weighted by Gasteiger charge is 2.32. The number of aromatic amines is 1. The van der Waals surface area contributed by atoms with E-state index in [0.717, 1.165) is 35.7 Å². The first kappa shape index (κ1) is 16.7. The second-order valence-electron chi connectivity index (χ2n) is 7.13. The van der Waals surface area contributed by atoms with Crippen molar-refractivity contribution in [2.24, 2.45) is 0 Å². The van der Waals surface area contributed by atoms with Gasteiger partial charge in [0, 0.05) is 23.6 Å². The molecule has 128 valence electrons. The third kappa shape index (κ3) is 3.37. The highest BCUT2D eigenvalue weighted by molar-refractivity contribution is 5.94. The van der Waals surface area contributed by atoms with Crippen LogP contribution in [0.5, 0.6) is 0 Å². The number of allylic oxidation sites excluding steroid dienone is 1. The molecule has 0 spiro atoms. The average Bonchev–Trinajstić information content (AvgIpc) is 2.99. The van der Waals surface area contributed by atoms with Gasteiger partial charge in [-0.05, 0) is 69.7 Å². The summed E-state index contributed by atoms with van der Waals surface area (Å²) < 4.78 is 13.6. The molecule has 1 aliphatic rings. The fourth-order valence-electron chi connectivity index (χ4n) is 3.42. The Labute approximate surface area is 142 Å². The van der Waals surface area contributed by atoms with Crippen molar-refractivity contribution in [3.63, 3.8) is 0 Å². The Morgan fingerprint density at radius 3 is 2.92 bits per heavy atom. The molecule has 1 aromatic carbocycles. The molecule has 0 saturated heterocycles. The Morgan fingerprint density at radius 1 is 1.33 bits per heavy atom. The van der Waals surface area contributed by atoms with Gasteiger partial charge in [0.1, 0.15) is 5.82 Å². The summed E-state index contributed by atoms with van der Waals surface area (Å²) in [6.07, 6.45) is 9.89. The first-order valence-corrected chi connectivity index (χ1v) is 8.72. The van der Waals surface area contributed by atoms with E-state index in [9.17, 15) is 9.18 Å². The molecule has 1 aliphatic carbocycles. The van der Waals surface area contributed by atoms with Crippen molar-refractivity contribution in [3.05, 3.63) is 47.4 Å². The van der Waals surface area contributed by atoms with Gasteiger partial charge in [-0.1, -0.05) is 11.6 Å². The molecule has 0 radical (unpaired) electrons. The van der Waals surface area contributed by atoms with Gasteiger partial charge in [-0.2, -0.15) is 0 Å². The van der Waals surface area contributed by atoms with Crippen molar-refractivity contribution in [2.75, 3.05) is 6.54 Å². The molecule has 2 N–H and O–H groups in total. The fraction of sp³-hybridized carbons (Fsp3) is 0.450. The number of hydrogen-bond acceptors (Lipinski definition) is 1.